The highest BCUT2D eigenvalue weighted by atomic mass is 79.9. The SMILES string of the molecule is Cc1nc(CC(NN)c2cc(Br)sc2Br)cs1. The molecule has 2 heterocycles. The summed E-state index contributed by atoms with van der Waals surface area (Å²) in [5, 5.41) is 3.16. The van der Waals surface area contributed by atoms with Crippen LogP contribution in [0.15, 0.2) is 19.0 Å². The highest BCUT2D eigenvalue weighted by Gasteiger charge is 2.17. The Hall–Kier alpha value is 0.210. The van der Waals surface area contributed by atoms with Crippen molar-refractivity contribution < 1.29 is 0 Å². The Morgan fingerprint density at radius 2 is 2.29 bits per heavy atom. The van der Waals surface area contributed by atoms with Gasteiger partial charge in [0.05, 0.1) is 24.3 Å². The minimum atomic E-state index is 0.0772. The lowest BCUT2D eigenvalue weighted by atomic mass is 10.1. The van der Waals surface area contributed by atoms with Crippen LogP contribution in [0.1, 0.15) is 22.3 Å². The first-order chi connectivity index (χ1) is 8.10. The third-order valence-electron chi connectivity index (χ3n) is 2.34. The molecule has 0 aliphatic rings. The number of aromatic nitrogens is 1. The van der Waals surface area contributed by atoms with Crippen LogP contribution in [0, 0.1) is 6.92 Å². The average Bonchev–Trinajstić information content (AvgIpc) is 2.82. The summed E-state index contributed by atoms with van der Waals surface area (Å²) in [4.78, 5) is 4.46. The second kappa shape index (κ2) is 5.90. The number of hydrogen-bond acceptors (Lipinski definition) is 5. The Balaban J connectivity index is 2.19. The first-order valence-corrected chi connectivity index (χ1v) is 8.20. The van der Waals surface area contributed by atoms with E-state index in [9.17, 15) is 0 Å². The molecule has 0 saturated heterocycles. The first kappa shape index (κ1) is 13.6. The fourth-order valence-electron chi connectivity index (χ4n) is 1.56. The minimum Gasteiger partial charge on any atom is -0.271 e. The molecule has 92 valence electrons. The molecule has 2 aromatic heterocycles. The number of halogens is 2. The van der Waals surface area contributed by atoms with Gasteiger partial charge in [-0.15, -0.1) is 22.7 Å². The zero-order valence-corrected chi connectivity index (χ0v) is 13.8. The molecule has 1 unspecified atom stereocenters. The van der Waals surface area contributed by atoms with Crippen LogP contribution in [-0.2, 0) is 6.42 Å². The van der Waals surface area contributed by atoms with Crippen molar-refractivity contribution in [2.24, 2.45) is 5.84 Å². The number of hydrogen-bond donors (Lipinski definition) is 2. The van der Waals surface area contributed by atoms with Gasteiger partial charge in [-0.25, -0.2) is 4.98 Å². The third-order valence-corrected chi connectivity index (χ3v) is 5.55. The maximum Gasteiger partial charge on any atom is 0.0897 e. The highest BCUT2D eigenvalue weighted by Crippen LogP contribution is 2.36. The summed E-state index contributed by atoms with van der Waals surface area (Å²) < 4.78 is 2.19. The van der Waals surface area contributed by atoms with Gasteiger partial charge in [0, 0.05) is 11.8 Å². The molecule has 0 spiro atoms. The first-order valence-electron chi connectivity index (χ1n) is 4.92. The molecule has 7 heteroatoms. The van der Waals surface area contributed by atoms with Crippen molar-refractivity contribution in [3.63, 3.8) is 0 Å². The lowest BCUT2D eigenvalue weighted by Crippen LogP contribution is -2.29. The van der Waals surface area contributed by atoms with E-state index in [4.69, 9.17) is 5.84 Å². The minimum absolute atomic E-state index is 0.0772. The number of nitrogens with two attached hydrogens (primary N) is 1. The predicted octanol–water partition coefficient (Wildman–Crippen LogP) is 3.79. The molecule has 0 aliphatic carbocycles. The van der Waals surface area contributed by atoms with Crippen LogP contribution in [0.25, 0.3) is 0 Å². The van der Waals surface area contributed by atoms with E-state index >= 15 is 0 Å². The van der Waals surface area contributed by atoms with E-state index in [0.29, 0.717) is 0 Å². The maximum atomic E-state index is 5.63. The predicted molar refractivity (Wildman–Crippen MR) is 80.3 cm³/mol. The summed E-state index contributed by atoms with van der Waals surface area (Å²) in [5.74, 6) is 5.63. The Kier molecular flexibility index (Phi) is 4.73. The van der Waals surface area contributed by atoms with Gasteiger partial charge >= 0.3 is 0 Å². The smallest absolute Gasteiger partial charge is 0.0897 e. The van der Waals surface area contributed by atoms with Gasteiger partial charge in [0.15, 0.2) is 0 Å². The zero-order chi connectivity index (χ0) is 12.4. The van der Waals surface area contributed by atoms with Crippen LogP contribution in [0.2, 0.25) is 0 Å². The number of aryl methyl sites for hydroxylation is 1. The van der Waals surface area contributed by atoms with E-state index in [2.05, 4.69) is 53.7 Å². The summed E-state index contributed by atoms with van der Waals surface area (Å²) in [7, 11) is 0. The van der Waals surface area contributed by atoms with E-state index in [1.807, 2.05) is 6.92 Å². The number of rotatable bonds is 4. The van der Waals surface area contributed by atoms with Gasteiger partial charge in [0.25, 0.3) is 0 Å². The topological polar surface area (TPSA) is 50.9 Å². The normalized spacial score (nSPS) is 12.9. The Bertz CT molecular complexity index is 509. The second-order valence-corrected chi connectivity index (χ2v) is 8.37. The Labute approximate surface area is 125 Å². The van der Waals surface area contributed by atoms with Crippen molar-refractivity contribution in [2.75, 3.05) is 0 Å². The molecule has 0 amide bonds. The Morgan fingerprint density at radius 1 is 1.53 bits per heavy atom. The molecular formula is C10H11Br2N3S2. The summed E-state index contributed by atoms with van der Waals surface area (Å²) in [6, 6.07) is 2.16. The van der Waals surface area contributed by atoms with Crippen LogP contribution in [0.4, 0.5) is 0 Å². The number of nitrogens with one attached hydrogen (secondary N) is 1. The van der Waals surface area contributed by atoms with Gasteiger partial charge in [-0.05, 0) is 50.4 Å². The van der Waals surface area contributed by atoms with Gasteiger partial charge in [-0.3, -0.25) is 11.3 Å². The molecule has 0 aromatic carbocycles. The van der Waals surface area contributed by atoms with Crippen molar-refractivity contribution in [3.8, 4) is 0 Å². The molecule has 0 radical (unpaired) electrons. The second-order valence-electron chi connectivity index (χ2n) is 3.56. The quantitative estimate of drug-likeness (QED) is 0.610. The molecule has 0 aliphatic heterocycles. The molecule has 2 rings (SSSR count). The van der Waals surface area contributed by atoms with Crippen molar-refractivity contribution in [1.29, 1.82) is 0 Å². The summed E-state index contributed by atoms with van der Waals surface area (Å²) in [6.45, 7) is 2.01. The molecule has 0 fully saturated rings. The molecule has 1 atom stereocenters. The molecule has 17 heavy (non-hydrogen) atoms. The lowest BCUT2D eigenvalue weighted by molar-refractivity contribution is 0.546. The van der Waals surface area contributed by atoms with Gasteiger partial charge in [0.1, 0.15) is 0 Å². The molecule has 3 nitrogen and oxygen atoms in total. The van der Waals surface area contributed by atoms with Crippen LogP contribution in [-0.4, -0.2) is 4.98 Å². The van der Waals surface area contributed by atoms with Gasteiger partial charge < -0.3 is 0 Å². The van der Waals surface area contributed by atoms with Crippen LogP contribution in [0.3, 0.4) is 0 Å². The van der Waals surface area contributed by atoms with E-state index in [0.717, 1.165) is 30.3 Å². The van der Waals surface area contributed by atoms with E-state index in [1.165, 1.54) is 0 Å². The molecule has 0 saturated carbocycles. The van der Waals surface area contributed by atoms with E-state index in [-0.39, 0.29) is 6.04 Å². The highest BCUT2D eigenvalue weighted by molar-refractivity contribution is 9.12. The number of thiazole rings is 1. The van der Waals surface area contributed by atoms with Crippen molar-refractivity contribution >= 4 is 54.5 Å². The van der Waals surface area contributed by atoms with Crippen LogP contribution in [0.5, 0.6) is 0 Å². The Morgan fingerprint density at radius 3 is 2.76 bits per heavy atom. The summed E-state index contributed by atoms with van der Waals surface area (Å²) in [5.41, 5.74) is 5.09. The summed E-state index contributed by atoms with van der Waals surface area (Å²) >= 11 is 10.3. The van der Waals surface area contributed by atoms with Gasteiger partial charge in [-0.2, -0.15) is 0 Å². The molecule has 0 bridgehead atoms. The largest absolute Gasteiger partial charge is 0.271 e. The third kappa shape index (κ3) is 3.36. The number of thiophene rings is 1. The van der Waals surface area contributed by atoms with Crippen molar-refractivity contribution in [3.05, 3.63) is 35.3 Å². The van der Waals surface area contributed by atoms with Crippen LogP contribution < -0.4 is 11.3 Å². The molecular weight excluding hydrogens is 386 g/mol. The maximum absolute atomic E-state index is 5.63. The van der Waals surface area contributed by atoms with Gasteiger partial charge in [-0.1, -0.05) is 0 Å². The fraction of sp³-hybridized carbons (Fsp3) is 0.300. The summed E-state index contributed by atoms with van der Waals surface area (Å²) in [6.07, 6.45) is 0.794. The van der Waals surface area contributed by atoms with Crippen LogP contribution >= 0.6 is 54.5 Å². The number of hydrazine groups is 1. The average molecular weight is 397 g/mol. The monoisotopic (exact) mass is 395 g/mol. The zero-order valence-electron chi connectivity index (χ0n) is 9.04. The van der Waals surface area contributed by atoms with Gasteiger partial charge in [0.2, 0.25) is 0 Å². The standard InChI is InChI=1S/C10H11Br2N3S2/c1-5-14-6(4-16-5)2-8(15-13)7-3-9(11)17-10(7)12/h3-4,8,15H,2,13H2,1H3. The van der Waals surface area contributed by atoms with E-state index in [1.54, 1.807) is 22.7 Å². The molecule has 3 N–H and O–H groups in total. The fourth-order valence-corrected chi connectivity index (χ4v) is 5.16. The number of nitrogens with zero attached hydrogens (tertiary/aromatic N) is 1. The molecule has 2 aromatic rings. The van der Waals surface area contributed by atoms with Crippen molar-refractivity contribution in [2.45, 2.75) is 19.4 Å². The van der Waals surface area contributed by atoms with E-state index < -0.39 is 0 Å². The lowest BCUT2D eigenvalue weighted by Gasteiger charge is -2.13. The van der Waals surface area contributed by atoms with Crippen molar-refractivity contribution in [1.82, 2.24) is 10.4 Å².